The topological polar surface area (TPSA) is 59.0 Å². The second-order valence-corrected chi connectivity index (χ2v) is 23.0. The molecule has 0 radical (unpaired) electrons. The highest BCUT2D eigenvalue weighted by Crippen LogP contribution is 2.53. The number of rotatable bonds is 5. The lowest BCUT2D eigenvalue weighted by atomic mass is 9.37. The van der Waals surface area contributed by atoms with Gasteiger partial charge in [-0.05, 0) is 173 Å². The molecule has 0 amide bonds. The summed E-state index contributed by atoms with van der Waals surface area (Å²) in [5.74, 6) is 0.219. The molecule has 0 spiro atoms. The first kappa shape index (κ1) is 44.3. The van der Waals surface area contributed by atoms with Crippen molar-refractivity contribution in [1.29, 1.82) is 0 Å². The summed E-state index contributed by atoms with van der Waals surface area (Å²) < 4.78 is 27.1. The van der Waals surface area contributed by atoms with Crippen LogP contribution < -0.4 is 26.6 Å². The van der Waals surface area contributed by atoms with E-state index in [2.05, 4.69) is 190 Å². The Hall–Kier alpha value is -7.64. The number of aryl methyl sites for hydroxylation is 4. The Kier molecular flexibility index (Phi) is 9.50. The van der Waals surface area contributed by atoms with Crippen LogP contribution in [0.2, 0.25) is 0 Å². The van der Waals surface area contributed by atoms with Crippen LogP contribution in [0.15, 0.2) is 152 Å². The monoisotopic (exact) mass is 942 g/mol. The Morgan fingerprint density at radius 1 is 0.444 bits per heavy atom. The Morgan fingerprint density at radius 3 is 1.24 bits per heavy atom. The zero-order valence-electron chi connectivity index (χ0n) is 43.4. The molecule has 72 heavy (non-hydrogen) atoms. The molecular formula is C65H59BN2O4. The second kappa shape index (κ2) is 15.4. The van der Waals surface area contributed by atoms with Gasteiger partial charge in [-0.15, -0.1) is 0 Å². The minimum absolute atomic E-state index is 0.0907. The molecule has 0 N–H and O–H groups in total. The van der Waals surface area contributed by atoms with E-state index in [-0.39, 0.29) is 23.5 Å². The van der Waals surface area contributed by atoms with Crippen LogP contribution in [0.4, 0.5) is 34.1 Å². The first-order valence-electron chi connectivity index (χ1n) is 25.5. The fourth-order valence-corrected chi connectivity index (χ4v) is 12.1. The van der Waals surface area contributed by atoms with Gasteiger partial charge in [-0.1, -0.05) is 104 Å². The minimum atomic E-state index is -0.348. The van der Waals surface area contributed by atoms with Crippen LogP contribution in [0, 0.1) is 27.7 Å². The van der Waals surface area contributed by atoms with Crippen molar-refractivity contribution < 1.29 is 17.7 Å². The van der Waals surface area contributed by atoms with Crippen molar-refractivity contribution in [2.45, 2.75) is 99.8 Å². The molecule has 0 saturated carbocycles. The van der Waals surface area contributed by atoms with Gasteiger partial charge in [0.15, 0.2) is 0 Å². The summed E-state index contributed by atoms with van der Waals surface area (Å²) in [6.45, 7) is 27.1. The summed E-state index contributed by atoms with van der Waals surface area (Å²) in [6, 6.07) is 44.5. The van der Waals surface area contributed by atoms with E-state index in [9.17, 15) is 0 Å². The Balaban J connectivity index is 1.14. The molecule has 7 aromatic carbocycles. The van der Waals surface area contributed by atoms with Crippen molar-refractivity contribution in [2.24, 2.45) is 0 Å². The van der Waals surface area contributed by atoms with Crippen LogP contribution in [-0.4, -0.2) is 6.71 Å². The van der Waals surface area contributed by atoms with Crippen LogP contribution in [0.25, 0.3) is 66.1 Å². The molecule has 2 aliphatic heterocycles. The summed E-state index contributed by atoms with van der Waals surface area (Å²) in [4.78, 5) is 5.10. The average Bonchev–Trinajstić information content (AvgIpc) is 4.14. The third-order valence-corrected chi connectivity index (χ3v) is 15.7. The number of hydrogen-bond donors (Lipinski definition) is 0. The summed E-state index contributed by atoms with van der Waals surface area (Å²) in [6.07, 6.45) is 3.81. The number of benzene rings is 7. The van der Waals surface area contributed by atoms with E-state index in [0.717, 1.165) is 139 Å². The van der Waals surface area contributed by atoms with E-state index in [4.69, 9.17) is 17.7 Å². The summed E-state index contributed by atoms with van der Waals surface area (Å²) in [7, 11) is 0. The maximum atomic E-state index is 7.42. The Morgan fingerprint density at radius 2 is 0.847 bits per heavy atom. The molecule has 11 aromatic rings. The third kappa shape index (κ3) is 6.48. The molecule has 6 heterocycles. The highest BCUT2D eigenvalue weighted by molar-refractivity contribution is 6.99. The van der Waals surface area contributed by atoms with Crippen molar-refractivity contribution in [1.82, 2.24) is 0 Å². The van der Waals surface area contributed by atoms with Gasteiger partial charge in [-0.2, -0.15) is 0 Å². The minimum Gasteiger partial charge on any atom is -0.468 e. The maximum Gasteiger partial charge on any atom is 0.342 e. The van der Waals surface area contributed by atoms with Gasteiger partial charge >= 0.3 is 6.71 Å². The third-order valence-electron chi connectivity index (χ3n) is 15.7. The maximum absolute atomic E-state index is 7.42. The molecule has 2 aliphatic rings. The lowest BCUT2D eigenvalue weighted by molar-refractivity contribution is 0.590. The fourth-order valence-electron chi connectivity index (χ4n) is 12.1. The van der Waals surface area contributed by atoms with E-state index in [0.29, 0.717) is 0 Å². The number of anilines is 6. The number of para-hydroxylation sites is 2. The van der Waals surface area contributed by atoms with Crippen LogP contribution in [0.3, 0.4) is 0 Å². The van der Waals surface area contributed by atoms with Gasteiger partial charge in [-0.25, -0.2) is 0 Å². The molecule has 4 aromatic heterocycles. The predicted molar refractivity (Wildman–Crippen MR) is 301 cm³/mol. The molecule has 13 rings (SSSR count). The van der Waals surface area contributed by atoms with Gasteiger partial charge in [0.25, 0.3) is 0 Å². The average molecular weight is 943 g/mol. The van der Waals surface area contributed by atoms with Gasteiger partial charge in [-0.3, -0.25) is 0 Å². The van der Waals surface area contributed by atoms with Gasteiger partial charge in [0, 0.05) is 44.0 Å². The first-order valence-corrected chi connectivity index (χ1v) is 25.5. The van der Waals surface area contributed by atoms with Crippen LogP contribution in [0.1, 0.15) is 100 Å². The van der Waals surface area contributed by atoms with Crippen LogP contribution in [-0.2, 0) is 10.8 Å². The normalized spacial score (nSPS) is 13.6. The molecular weight excluding hydrogens is 884 g/mol. The number of fused-ring (bicyclic) bond motifs is 10. The van der Waals surface area contributed by atoms with E-state index in [1.165, 1.54) is 16.7 Å². The van der Waals surface area contributed by atoms with E-state index >= 15 is 0 Å². The van der Waals surface area contributed by atoms with Crippen LogP contribution >= 0.6 is 0 Å². The van der Waals surface area contributed by atoms with Crippen molar-refractivity contribution in [3.8, 4) is 22.3 Å². The van der Waals surface area contributed by atoms with Crippen molar-refractivity contribution in [2.75, 3.05) is 9.80 Å². The van der Waals surface area contributed by atoms with Gasteiger partial charge in [0.1, 0.15) is 33.7 Å². The molecule has 6 nitrogen and oxygen atoms in total. The van der Waals surface area contributed by atoms with Crippen LogP contribution in [0.5, 0.6) is 0 Å². The predicted octanol–water partition coefficient (Wildman–Crippen LogP) is 17.0. The van der Waals surface area contributed by atoms with Gasteiger partial charge in [0.05, 0.1) is 35.3 Å². The first-order chi connectivity index (χ1) is 34.4. The number of nitrogens with zero attached hydrogens (tertiary/aromatic N) is 2. The van der Waals surface area contributed by atoms with Crippen molar-refractivity contribution in [3.63, 3.8) is 0 Å². The number of hydrogen-bond acceptors (Lipinski definition) is 6. The summed E-state index contributed by atoms with van der Waals surface area (Å²) >= 11 is 0. The molecule has 0 atom stereocenters. The second-order valence-electron chi connectivity index (χ2n) is 23.0. The smallest absolute Gasteiger partial charge is 0.342 e. The number of furan rings is 4. The SMILES string of the molecule is Cc1cc(-c2coc3ccccc23)cc(C)c1N1c2cc(C(C)C)cc3c2B(c2oc4ccc(C(C)(C)C)cc4c21)c1oc2ccc(C(C)(C)C)cc2c1N3c1c(C)cc(-c2coc3ccccc23)cc1C. The molecule has 0 aliphatic carbocycles. The Bertz CT molecular complexity index is 3770. The highest BCUT2D eigenvalue weighted by Gasteiger charge is 2.51. The molecule has 0 unspecified atom stereocenters. The summed E-state index contributed by atoms with van der Waals surface area (Å²) in [5.41, 5.74) is 25.7. The largest absolute Gasteiger partial charge is 0.468 e. The van der Waals surface area contributed by atoms with Crippen molar-refractivity contribution >= 4 is 101 Å². The molecule has 0 fully saturated rings. The van der Waals surface area contributed by atoms with E-state index in [1.54, 1.807) is 0 Å². The van der Waals surface area contributed by atoms with Crippen molar-refractivity contribution in [3.05, 3.63) is 173 Å². The zero-order chi connectivity index (χ0) is 49.9. The van der Waals surface area contributed by atoms with Gasteiger partial charge in [0.2, 0.25) is 0 Å². The molecule has 0 saturated heterocycles. The molecule has 356 valence electrons. The summed E-state index contributed by atoms with van der Waals surface area (Å²) in [5, 5.41) is 4.39. The van der Waals surface area contributed by atoms with E-state index < -0.39 is 0 Å². The lowest BCUT2D eigenvalue weighted by Gasteiger charge is -2.42. The van der Waals surface area contributed by atoms with Gasteiger partial charge < -0.3 is 27.5 Å². The fraction of sp³-hybridized carbons (Fsp3) is 0.231. The quantitative estimate of drug-likeness (QED) is 0.160. The lowest BCUT2D eigenvalue weighted by Crippen LogP contribution is -2.60. The standard InChI is InChI=1S/C65H59BN2O4/c1-35(2)40-29-51-57-52(30-40)68(59-38(5)27-42(28-39(59)6)50-34-70-54-20-16-14-18-46(50)54)61-48-32-44(65(10,11)12)22-24-56(48)72-63(61)66(57)62-60(47-31-43(64(7,8)9)21-23-55(47)71-62)67(51)58-36(3)25-41(26-37(58)4)49-33-69-53-19-15-13-17-45(49)53/h13-35H,1-12H3. The highest BCUT2D eigenvalue weighted by atomic mass is 16.4. The zero-order valence-corrected chi connectivity index (χ0v) is 43.4. The molecule has 0 bridgehead atoms. The Labute approximate surface area is 421 Å². The van der Waals surface area contributed by atoms with E-state index in [1.807, 2.05) is 36.8 Å². The molecule has 7 heteroatoms.